The number of alkyl halides is 3. The standard InChI is InChI=1S/C20H26F3N5O2/c1-19(5-6-19)30-12-3-4-14(24)13(9-12)18(26)15(25)10-17(27-2)28-7-8-29-16(11-28)20(21,22)23/h3-4,9-10,16,26H,5-8,11,24-25H2,1-2H3. The fourth-order valence-electron chi connectivity index (χ4n) is 3.10. The molecule has 3 rings (SSSR count). The van der Waals surface area contributed by atoms with Gasteiger partial charge in [0.05, 0.1) is 24.6 Å². The largest absolute Gasteiger partial charge is 0.488 e. The second-order valence-electron chi connectivity index (χ2n) is 7.70. The highest BCUT2D eigenvalue weighted by Crippen LogP contribution is 2.40. The predicted molar refractivity (Wildman–Crippen MR) is 109 cm³/mol. The van der Waals surface area contributed by atoms with Crippen LogP contribution in [0.4, 0.5) is 18.9 Å². The predicted octanol–water partition coefficient (Wildman–Crippen LogP) is 2.70. The Morgan fingerprint density at radius 2 is 2.10 bits per heavy atom. The molecule has 1 heterocycles. The number of allylic oxidation sites excluding steroid dienone is 1. The SMILES string of the molecule is CN=C(C=C(N)C(=N)c1cc(OC2(C)CC2)ccc1N)N1CCOC(C(F)(F)F)C1. The Kier molecular flexibility index (Phi) is 5.98. The number of rotatable bonds is 5. The number of hydrogen-bond donors (Lipinski definition) is 3. The summed E-state index contributed by atoms with van der Waals surface area (Å²) >= 11 is 0. The molecule has 1 aromatic rings. The first-order chi connectivity index (χ1) is 14.0. The lowest BCUT2D eigenvalue weighted by Gasteiger charge is -2.35. The number of nitrogens with two attached hydrogens (primary N) is 2. The van der Waals surface area contributed by atoms with Crippen LogP contribution in [0.15, 0.2) is 35.0 Å². The molecule has 164 valence electrons. The van der Waals surface area contributed by atoms with Crippen molar-refractivity contribution in [2.24, 2.45) is 10.7 Å². The van der Waals surface area contributed by atoms with Gasteiger partial charge in [0.25, 0.3) is 0 Å². The zero-order valence-corrected chi connectivity index (χ0v) is 16.9. The minimum Gasteiger partial charge on any atom is -0.488 e. The van der Waals surface area contributed by atoms with Gasteiger partial charge in [-0.25, -0.2) is 0 Å². The minimum absolute atomic E-state index is 0.0344. The van der Waals surface area contributed by atoms with E-state index in [1.165, 1.54) is 18.0 Å². The van der Waals surface area contributed by atoms with E-state index >= 15 is 0 Å². The Bertz CT molecular complexity index is 878. The van der Waals surface area contributed by atoms with Gasteiger partial charge in [0.2, 0.25) is 0 Å². The highest BCUT2D eigenvalue weighted by molar-refractivity contribution is 6.15. The van der Waals surface area contributed by atoms with E-state index in [4.69, 9.17) is 26.4 Å². The average molecular weight is 425 g/mol. The van der Waals surface area contributed by atoms with Crippen LogP contribution in [0.2, 0.25) is 0 Å². The molecule has 5 N–H and O–H groups in total. The number of ether oxygens (including phenoxy) is 2. The summed E-state index contributed by atoms with van der Waals surface area (Å²) in [6.07, 6.45) is -3.06. The highest BCUT2D eigenvalue weighted by atomic mass is 19.4. The van der Waals surface area contributed by atoms with E-state index in [0.717, 1.165) is 12.8 Å². The third kappa shape index (κ3) is 5.05. The van der Waals surface area contributed by atoms with Crippen LogP contribution in [0.1, 0.15) is 25.3 Å². The van der Waals surface area contributed by atoms with Gasteiger partial charge >= 0.3 is 6.18 Å². The Hall–Kier alpha value is -2.75. The molecule has 2 aliphatic rings. The second-order valence-corrected chi connectivity index (χ2v) is 7.70. The average Bonchev–Trinajstić information content (AvgIpc) is 3.43. The molecule has 0 spiro atoms. The molecule has 10 heteroatoms. The van der Waals surface area contributed by atoms with Gasteiger partial charge in [-0.3, -0.25) is 10.4 Å². The molecule has 1 unspecified atom stereocenters. The van der Waals surface area contributed by atoms with E-state index in [1.54, 1.807) is 18.2 Å². The van der Waals surface area contributed by atoms with Crippen molar-refractivity contribution in [3.63, 3.8) is 0 Å². The maximum atomic E-state index is 13.0. The van der Waals surface area contributed by atoms with E-state index in [0.29, 0.717) is 17.0 Å². The summed E-state index contributed by atoms with van der Waals surface area (Å²) in [5.41, 5.74) is 12.6. The number of anilines is 1. The number of amidine groups is 1. The molecule has 1 aliphatic carbocycles. The summed E-state index contributed by atoms with van der Waals surface area (Å²) < 4.78 is 49.8. The normalized spacial score (nSPS) is 22.0. The molecule has 1 atom stereocenters. The summed E-state index contributed by atoms with van der Waals surface area (Å²) in [5, 5.41) is 8.43. The van der Waals surface area contributed by atoms with Gasteiger partial charge in [-0.05, 0) is 38.0 Å². The van der Waals surface area contributed by atoms with E-state index in [2.05, 4.69) is 4.99 Å². The Balaban J connectivity index is 1.78. The first-order valence-corrected chi connectivity index (χ1v) is 9.57. The molecule has 2 fully saturated rings. The van der Waals surface area contributed by atoms with Crippen molar-refractivity contribution >= 4 is 17.2 Å². The molecule has 1 saturated heterocycles. The molecular weight excluding hydrogens is 399 g/mol. The Morgan fingerprint density at radius 3 is 2.70 bits per heavy atom. The zero-order valence-electron chi connectivity index (χ0n) is 16.9. The number of hydrogen-bond acceptors (Lipinski definition) is 6. The number of nitrogens with one attached hydrogen (secondary N) is 1. The van der Waals surface area contributed by atoms with Crippen LogP contribution in [0, 0.1) is 5.41 Å². The zero-order chi connectivity index (χ0) is 22.1. The molecular formula is C20H26F3N5O2. The summed E-state index contributed by atoms with van der Waals surface area (Å²) in [5.74, 6) is 0.827. The smallest absolute Gasteiger partial charge is 0.416 e. The molecule has 1 saturated carbocycles. The van der Waals surface area contributed by atoms with Crippen LogP contribution in [-0.4, -0.2) is 61.1 Å². The van der Waals surface area contributed by atoms with Gasteiger partial charge in [0, 0.05) is 30.9 Å². The van der Waals surface area contributed by atoms with Gasteiger partial charge in [0.15, 0.2) is 6.10 Å². The Labute approximate surface area is 173 Å². The van der Waals surface area contributed by atoms with Crippen LogP contribution in [0.3, 0.4) is 0 Å². The van der Waals surface area contributed by atoms with Crippen molar-refractivity contribution in [2.45, 2.75) is 37.6 Å². The van der Waals surface area contributed by atoms with Crippen molar-refractivity contribution in [3.8, 4) is 5.75 Å². The van der Waals surface area contributed by atoms with Crippen molar-refractivity contribution < 1.29 is 22.6 Å². The van der Waals surface area contributed by atoms with E-state index < -0.39 is 18.8 Å². The third-order valence-electron chi connectivity index (χ3n) is 5.17. The minimum atomic E-state index is -4.47. The third-order valence-corrected chi connectivity index (χ3v) is 5.17. The number of halogens is 3. The molecule has 7 nitrogen and oxygen atoms in total. The number of aliphatic imine (C=N–C) groups is 1. The lowest BCUT2D eigenvalue weighted by molar-refractivity contribution is -0.232. The highest BCUT2D eigenvalue weighted by Gasteiger charge is 2.44. The number of benzene rings is 1. The lowest BCUT2D eigenvalue weighted by Crippen LogP contribution is -2.51. The Morgan fingerprint density at radius 1 is 1.40 bits per heavy atom. The van der Waals surface area contributed by atoms with Crippen LogP contribution in [0.5, 0.6) is 5.75 Å². The first-order valence-electron chi connectivity index (χ1n) is 9.57. The summed E-state index contributed by atoms with van der Waals surface area (Å²) in [7, 11) is 1.46. The monoisotopic (exact) mass is 425 g/mol. The summed E-state index contributed by atoms with van der Waals surface area (Å²) in [6, 6.07) is 5.03. The number of nitrogen functional groups attached to an aromatic ring is 1. The maximum absolute atomic E-state index is 13.0. The molecule has 0 aromatic heterocycles. The molecule has 0 radical (unpaired) electrons. The quantitative estimate of drug-likeness (QED) is 0.382. The van der Waals surface area contributed by atoms with E-state index in [1.807, 2.05) is 6.92 Å². The van der Waals surface area contributed by atoms with Crippen LogP contribution < -0.4 is 16.2 Å². The molecule has 1 aromatic carbocycles. The van der Waals surface area contributed by atoms with E-state index in [9.17, 15) is 13.2 Å². The second kappa shape index (κ2) is 8.17. The van der Waals surface area contributed by atoms with Gasteiger partial charge in [-0.15, -0.1) is 0 Å². The van der Waals surface area contributed by atoms with Crippen molar-refractivity contribution in [1.29, 1.82) is 5.41 Å². The number of morpholine rings is 1. The van der Waals surface area contributed by atoms with Crippen molar-refractivity contribution in [2.75, 3.05) is 32.5 Å². The van der Waals surface area contributed by atoms with Crippen molar-refractivity contribution in [1.82, 2.24) is 4.90 Å². The fourth-order valence-corrected chi connectivity index (χ4v) is 3.10. The first kappa shape index (κ1) is 21.9. The van der Waals surface area contributed by atoms with E-state index in [-0.39, 0.29) is 36.0 Å². The van der Waals surface area contributed by atoms with Gasteiger partial charge in [0.1, 0.15) is 17.2 Å². The van der Waals surface area contributed by atoms with Crippen LogP contribution >= 0.6 is 0 Å². The molecule has 0 bridgehead atoms. The van der Waals surface area contributed by atoms with Gasteiger partial charge in [-0.2, -0.15) is 13.2 Å². The molecule has 30 heavy (non-hydrogen) atoms. The van der Waals surface area contributed by atoms with Gasteiger partial charge < -0.3 is 25.8 Å². The van der Waals surface area contributed by atoms with Crippen molar-refractivity contribution in [3.05, 3.63) is 35.5 Å². The topological polar surface area (TPSA) is 110 Å². The maximum Gasteiger partial charge on any atom is 0.416 e. The van der Waals surface area contributed by atoms with Crippen LogP contribution in [0.25, 0.3) is 0 Å². The lowest BCUT2D eigenvalue weighted by atomic mass is 10.0. The number of nitrogens with zero attached hydrogens (tertiary/aromatic N) is 2. The summed E-state index contributed by atoms with van der Waals surface area (Å²) in [4.78, 5) is 5.49. The summed E-state index contributed by atoms with van der Waals surface area (Å²) in [6.45, 7) is 1.76. The molecule has 0 amide bonds. The fraction of sp³-hybridized carbons (Fsp3) is 0.500. The molecule has 1 aliphatic heterocycles. The van der Waals surface area contributed by atoms with Crippen LogP contribution in [-0.2, 0) is 4.74 Å². The van der Waals surface area contributed by atoms with Gasteiger partial charge in [-0.1, -0.05) is 0 Å².